The maximum Gasteiger partial charge on any atom is 0.331 e. The Morgan fingerprint density at radius 3 is 2.26 bits per heavy atom. The van der Waals surface area contributed by atoms with Gasteiger partial charge in [-0.15, -0.1) is 0 Å². The first-order valence-electron chi connectivity index (χ1n) is 10.8. The van der Waals surface area contributed by atoms with Crippen LogP contribution in [-0.4, -0.2) is 48.1 Å². The molecule has 35 heavy (non-hydrogen) atoms. The zero-order valence-electron chi connectivity index (χ0n) is 19.8. The van der Waals surface area contributed by atoms with E-state index in [0.717, 1.165) is 23.8 Å². The number of phenolic OH excluding ortho intramolecular Hbond substituents is 2. The Hall–Kier alpha value is -4.33. The summed E-state index contributed by atoms with van der Waals surface area (Å²) in [5.41, 5.74) is 0.890. The molecule has 0 radical (unpaired) electrons. The minimum absolute atomic E-state index is 0.0891. The highest BCUT2D eigenvalue weighted by molar-refractivity contribution is 6.27. The van der Waals surface area contributed by atoms with Crippen molar-refractivity contribution >= 4 is 23.6 Å². The molecule has 0 aromatic heterocycles. The van der Waals surface area contributed by atoms with Crippen molar-refractivity contribution in [3.05, 3.63) is 76.4 Å². The number of hydrogen-bond donors (Lipinski definition) is 2. The Balaban J connectivity index is 1.89. The van der Waals surface area contributed by atoms with Gasteiger partial charge in [-0.1, -0.05) is 17.7 Å². The second kappa shape index (κ2) is 10.7. The first-order chi connectivity index (χ1) is 16.7. The fraction of sp³-hybridized carbons (Fsp3) is 0.222. The van der Waals surface area contributed by atoms with Gasteiger partial charge in [-0.3, -0.25) is 9.59 Å². The summed E-state index contributed by atoms with van der Waals surface area (Å²) >= 11 is 0. The number of fused-ring (bicyclic) bond motifs is 1. The number of carbonyl (C=O) groups is 3. The molecule has 1 aliphatic carbocycles. The Bertz CT molecular complexity index is 1260. The molecular weight excluding hydrogens is 452 g/mol. The number of hydrogen-bond acceptors (Lipinski definition) is 8. The molecular formula is C27H26O8. The van der Waals surface area contributed by atoms with E-state index in [4.69, 9.17) is 14.2 Å². The largest absolute Gasteiger partial charge is 0.507 e. The number of ether oxygens (including phenoxy) is 3. The molecule has 0 aliphatic heterocycles. The summed E-state index contributed by atoms with van der Waals surface area (Å²) in [6.45, 7) is 3.69. The summed E-state index contributed by atoms with van der Waals surface area (Å²) in [4.78, 5) is 38.5. The lowest BCUT2D eigenvalue weighted by molar-refractivity contribution is -0.140. The summed E-state index contributed by atoms with van der Waals surface area (Å²) in [6, 6.07) is 7.37. The molecule has 2 aromatic carbocycles. The Morgan fingerprint density at radius 1 is 0.971 bits per heavy atom. The lowest BCUT2D eigenvalue weighted by atomic mass is 9.85. The van der Waals surface area contributed by atoms with E-state index in [0.29, 0.717) is 17.1 Å². The Morgan fingerprint density at radius 2 is 1.63 bits per heavy atom. The molecule has 0 fully saturated rings. The molecule has 2 aromatic rings. The number of carbonyl (C=O) groups excluding carboxylic acids is 3. The summed E-state index contributed by atoms with van der Waals surface area (Å²) in [7, 11) is 3.02. The van der Waals surface area contributed by atoms with Crippen LogP contribution >= 0.6 is 0 Å². The fourth-order valence-electron chi connectivity index (χ4n) is 3.60. The normalized spacial score (nSPS) is 13.7. The number of allylic oxidation sites excluding steroid dienone is 2. The predicted octanol–water partition coefficient (Wildman–Crippen LogP) is 4.40. The van der Waals surface area contributed by atoms with Gasteiger partial charge in [0.1, 0.15) is 17.6 Å². The number of Topliss-reactive ketones (excluding diaryl/α,β-unsaturated/α-hetero) is 1. The number of aromatic hydroxyl groups is 2. The van der Waals surface area contributed by atoms with Crippen molar-refractivity contribution in [2.24, 2.45) is 0 Å². The van der Waals surface area contributed by atoms with Crippen molar-refractivity contribution in [2.75, 3.05) is 14.2 Å². The van der Waals surface area contributed by atoms with Crippen LogP contribution in [0.1, 0.15) is 46.5 Å². The van der Waals surface area contributed by atoms with Crippen LogP contribution in [0.25, 0.3) is 6.08 Å². The minimum atomic E-state index is -1.08. The van der Waals surface area contributed by atoms with Gasteiger partial charge >= 0.3 is 5.97 Å². The lowest BCUT2D eigenvalue weighted by Gasteiger charge is -2.23. The molecule has 0 spiro atoms. The van der Waals surface area contributed by atoms with Crippen molar-refractivity contribution in [1.29, 1.82) is 0 Å². The number of phenols is 2. The maximum atomic E-state index is 13.2. The zero-order chi connectivity index (χ0) is 25.7. The van der Waals surface area contributed by atoms with Crippen LogP contribution in [0, 0.1) is 0 Å². The second-order valence-corrected chi connectivity index (χ2v) is 8.04. The molecule has 0 bridgehead atoms. The average Bonchev–Trinajstić information content (AvgIpc) is 2.83. The van der Waals surface area contributed by atoms with Crippen molar-refractivity contribution < 1.29 is 38.8 Å². The topological polar surface area (TPSA) is 119 Å². The monoisotopic (exact) mass is 478 g/mol. The Kier molecular flexibility index (Phi) is 7.76. The van der Waals surface area contributed by atoms with Crippen LogP contribution in [0.5, 0.6) is 23.0 Å². The first kappa shape index (κ1) is 25.3. The zero-order valence-corrected chi connectivity index (χ0v) is 19.8. The third-order valence-electron chi connectivity index (χ3n) is 5.35. The van der Waals surface area contributed by atoms with Gasteiger partial charge in [-0.2, -0.15) is 0 Å². The number of esters is 1. The van der Waals surface area contributed by atoms with E-state index in [-0.39, 0.29) is 23.1 Å². The van der Waals surface area contributed by atoms with Gasteiger partial charge in [0.05, 0.1) is 25.3 Å². The molecule has 0 heterocycles. The van der Waals surface area contributed by atoms with E-state index in [2.05, 4.69) is 0 Å². The van der Waals surface area contributed by atoms with E-state index in [1.54, 1.807) is 24.3 Å². The van der Waals surface area contributed by atoms with Gasteiger partial charge in [0, 0.05) is 18.1 Å². The van der Waals surface area contributed by atoms with Crippen LogP contribution in [0.15, 0.2) is 59.7 Å². The molecule has 8 nitrogen and oxygen atoms in total. The Labute approximate surface area is 202 Å². The lowest BCUT2D eigenvalue weighted by Crippen LogP contribution is -2.28. The summed E-state index contributed by atoms with van der Waals surface area (Å²) < 4.78 is 16.0. The van der Waals surface area contributed by atoms with Crippen molar-refractivity contribution in [2.45, 2.75) is 26.4 Å². The number of rotatable bonds is 8. The van der Waals surface area contributed by atoms with Crippen molar-refractivity contribution in [3.63, 3.8) is 0 Å². The number of ketones is 2. The molecule has 8 heteroatoms. The molecule has 0 amide bonds. The van der Waals surface area contributed by atoms with E-state index < -0.39 is 35.1 Å². The SMILES string of the molecule is COc1ccc(/C=C/C(=O)O[C@H](CC=C(C)C)C2=CC(=O)c3c(O)ccc(O)c3C2=O)cc1OC. The van der Waals surface area contributed by atoms with Crippen LogP contribution in [0.2, 0.25) is 0 Å². The third kappa shape index (κ3) is 5.60. The predicted molar refractivity (Wildman–Crippen MR) is 129 cm³/mol. The summed E-state index contributed by atoms with van der Waals surface area (Å²) in [6.07, 6.45) is 4.58. The van der Waals surface area contributed by atoms with Gasteiger partial charge < -0.3 is 24.4 Å². The smallest absolute Gasteiger partial charge is 0.331 e. The average molecular weight is 478 g/mol. The number of methoxy groups -OCH3 is 2. The van der Waals surface area contributed by atoms with Crippen molar-refractivity contribution in [3.8, 4) is 23.0 Å². The highest BCUT2D eigenvalue weighted by Gasteiger charge is 2.35. The summed E-state index contributed by atoms with van der Waals surface area (Å²) in [5.74, 6) is -1.93. The molecule has 1 aliphatic rings. The van der Waals surface area contributed by atoms with Gasteiger partial charge in [0.25, 0.3) is 0 Å². The first-order valence-corrected chi connectivity index (χ1v) is 10.8. The standard InChI is InChI=1S/C27H26O8/c1-15(2)5-10-21(17-14-20(30)25-18(28)8-9-19(29)26(25)27(17)32)35-24(31)12-7-16-6-11-22(33-3)23(13-16)34-4/h5-9,11-14,21,28-29H,10H2,1-4H3/b12-7+/t21-/m1/s1. The second-order valence-electron chi connectivity index (χ2n) is 8.04. The molecule has 1 atom stereocenters. The van der Waals surface area contributed by atoms with Crippen LogP contribution in [0.3, 0.4) is 0 Å². The van der Waals surface area contributed by atoms with E-state index in [9.17, 15) is 24.6 Å². The van der Waals surface area contributed by atoms with Gasteiger partial charge in [0.2, 0.25) is 0 Å². The minimum Gasteiger partial charge on any atom is -0.507 e. The van der Waals surface area contributed by atoms with Crippen molar-refractivity contribution in [1.82, 2.24) is 0 Å². The van der Waals surface area contributed by atoms with Gasteiger partial charge in [-0.05, 0) is 55.8 Å². The molecule has 0 saturated heterocycles. The fourth-order valence-corrected chi connectivity index (χ4v) is 3.60. The van der Waals surface area contributed by atoms with E-state index in [1.807, 2.05) is 13.8 Å². The van der Waals surface area contributed by atoms with Gasteiger partial charge in [0.15, 0.2) is 23.1 Å². The highest BCUT2D eigenvalue weighted by atomic mass is 16.5. The van der Waals surface area contributed by atoms with Crippen LogP contribution in [0.4, 0.5) is 0 Å². The van der Waals surface area contributed by atoms with Gasteiger partial charge in [-0.25, -0.2) is 4.79 Å². The van der Waals surface area contributed by atoms with E-state index >= 15 is 0 Å². The molecule has 3 rings (SSSR count). The number of benzene rings is 2. The molecule has 0 unspecified atom stereocenters. The molecule has 2 N–H and O–H groups in total. The maximum absolute atomic E-state index is 13.2. The highest BCUT2D eigenvalue weighted by Crippen LogP contribution is 2.36. The molecule has 182 valence electrons. The molecule has 0 saturated carbocycles. The van der Waals surface area contributed by atoms with E-state index in [1.165, 1.54) is 26.4 Å². The summed E-state index contributed by atoms with van der Waals surface area (Å²) in [5, 5.41) is 20.2. The third-order valence-corrected chi connectivity index (χ3v) is 5.35. The van der Waals surface area contributed by atoms with Crippen LogP contribution in [-0.2, 0) is 9.53 Å². The quantitative estimate of drug-likeness (QED) is 0.248. The van der Waals surface area contributed by atoms with Crippen LogP contribution < -0.4 is 9.47 Å².